The Hall–Kier alpha value is -3.43. The van der Waals surface area contributed by atoms with Crippen LogP contribution in [0.5, 0.6) is 5.75 Å². The summed E-state index contributed by atoms with van der Waals surface area (Å²) in [6.07, 6.45) is 6.23. The number of ether oxygens (including phenoxy) is 2. The van der Waals surface area contributed by atoms with Crippen LogP contribution in [0.2, 0.25) is 0 Å². The van der Waals surface area contributed by atoms with Crippen molar-refractivity contribution < 1.29 is 28.7 Å². The number of halogens is 1. The van der Waals surface area contributed by atoms with Gasteiger partial charge in [0.05, 0.1) is 19.0 Å². The van der Waals surface area contributed by atoms with Gasteiger partial charge in [-0.15, -0.1) is 11.6 Å². The van der Waals surface area contributed by atoms with Gasteiger partial charge in [0.1, 0.15) is 5.75 Å². The Morgan fingerprint density at radius 3 is 2.25 bits per heavy atom. The lowest BCUT2D eigenvalue weighted by Gasteiger charge is -2.28. The van der Waals surface area contributed by atoms with E-state index in [1.165, 1.54) is 43.4 Å². The number of carbonyl (C=O) groups excluding carboxylic acids is 4. The van der Waals surface area contributed by atoms with Gasteiger partial charge in [-0.1, -0.05) is 82.7 Å². The smallest absolute Gasteiger partial charge is 0.330 e. The Morgan fingerprint density at radius 1 is 0.977 bits per heavy atom. The molecule has 4 unspecified atom stereocenters. The molecule has 1 saturated heterocycles. The summed E-state index contributed by atoms with van der Waals surface area (Å²) in [5, 5.41) is 2.41. The fourth-order valence-corrected chi connectivity index (χ4v) is 5.61. The van der Waals surface area contributed by atoms with Crippen LogP contribution in [-0.2, 0) is 20.9 Å². The van der Waals surface area contributed by atoms with Crippen LogP contribution in [0.1, 0.15) is 81.1 Å². The highest BCUT2D eigenvalue weighted by atomic mass is 35.5. The molecule has 3 rings (SSSR count). The van der Waals surface area contributed by atoms with Gasteiger partial charge in [-0.3, -0.25) is 19.3 Å². The molecule has 44 heavy (non-hydrogen) atoms. The summed E-state index contributed by atoms with van der Waals surface area (Å²) in [6, 6.07) is 12.1. The molecule has 1 aliphatic rings. The van der Waals surface area contributed by atoms with Crippen LogP contribution in [0.4, 0.5) is 4.79 Å². The maximum atomic E-state index is 14.0. The van der Waals surface area contributed by atoms with Crippen LogP contribution >= 0.6 is 11.6 Å². The standard InChI is InChI=1S/C34H45ClN3O6/c1-5-8-9-10-11-15-18-27(35)28(6-2)36-31(40)29(30(39)25-19-21-26(43-4)22-20-25)38-32(41)33(44-7-3)37(34(38)42)23-24-16-13-12-14-17-24/h12-14,16-17,19-22,27-29,33H,2,5-11,15,18,23H2,1,3-4H3,(H,36,40). The van der Waals surface area contributed by atoms with Crippen LogP contribution in [0.25, 0.3) is 0 Å². The van der Waals surface area contributed by atoms with Crippen molar-refractivity contribution in [2.24, 2.45) is 0 Å². The number of unbranched alkanes of at least 4 members (excludes halogenated alkanes) is 5. The molecule has 9 nitrogen and oxygen atoms in total. The number of imide groups is 1. The number of methoxy groups -OCH3 is 1. The molecule has 1 aliphatic heterocycles. The monoisotopic (exact) mass is 626 g/mol. The van der Waals surface area contributed by atoms with Crippen LogP contribution < -0.4 is 10.1 Å². The van der Waals surface area contributed by atoms with Crippen LogP contribution in [-0.4, -0.2) is 70.8 Å². The molecule has 239 valence electrons. The zero-order valence-corrected chi connectivity index (χ0v) is 26.8. The molecule has 1 N–H and O–H groups in total. The summed E-state index contributed by atoms with van der Waals surface area (Å²) in [4.78, 5) is 57.6. The van der Waals surface area contributed by atoms with Crippen molar-refractivity contribution >= 4 is 35.2 Å². The van der Waals surface area contributed by atoms with Gasteiger partial charge in [-0.25, -0.2) is 9.69 Å². The maximum absolute atomic E-state index is 14.0. The lowest BCUT2D eigenvalue weighted by Crippen LogP contribution is -2.57. The van der Waals surface area contributed by atoms with Crippen molar-refractivity contribution in [2.75, 3.05) is 13.7 Å². The number of ketones is 1. The van der Waals surface area contributed by atoms with E-state index < -0.39 is 47.3 Å². The minimum Gasteiger partial charge on any atom is -0.497 e. The third-order valence-corrected chi connectivity index (χ3v) is 8.26. The highest BCUT2D eigenvalue weighted by Crippen LogP contribution is 2.27. The first-order valence-corrected chi connectivity index (χ1v) is 15.9. The molecule has 0 aliphatic carbocycles. The van der Waals surface area contributed by atoms with Crippen molar-refractivity contribution in [3.63, 3.8) is 0 Å². The topological polar surface area (TPSA) is 105 Å². The zero-order valence-electron chi connectivity index (χ0n) is 26.0. The Morgan fingerprint density at radius 2 is 1.64 bits per heavy atom. The summed E-state index contributed by atoms with van der Waals surface area (Å²) in [6.45, 7) is 8.03. The second kappa shape index (κ2) is 17.8. The number of alkyl halides is 1. The number of urea groups is 1. The average molecular weight is 627 g/mol. The Bertz CT molecular complexity index is 1230. The second-order valence-corrected chi connectivity index (χ2v) is 11.4. The summed E-state index contributed by atoms with van der Waals surface area (Å²) >= 11 is 6.73. The lowest BCUT2D eigenvalue weighted by atomic mass is 9.99. The zero-order chi connectivity index (χ0) is 32.1. The van der Waals surface area contributed by atoms with E-state index in [4.69, 9.17) is 21.1 Å². The Labute approximate surface area is 266 Å². The number of hydrogen-bond acceptors (Lipinski definition) is 6. The van der Waals surface area contributed by atoms with Gasteiger partial charge in [0, 0.05) is 18.2 Å². The molecule has 2 aromatic rings. The van der Waals surface area contributed by atoms with Gasteiger partial charge in [-0.2, -0.15) is 0 Å². The fraction of sp³-hybridized carbons (Fsp3) is 0.500. The molecule has 1 radical (unpaired) electrons. The molecule has 1 heterocycles. The maximum Gasteiger partial charge on any atom is 0.330 e. The average Bonchev–Trinajstić information content (AvgIpc) is 3.26. The van der Waals surface area contributed by atoms with E-state index in [2.05, 4.69) is 19.2 Å². The first-order valence-electron chi connectivity index (χ1n) is 15.5. The summed E-state index contributed by atoms with van der Waals surface area (Å²) in [7, 11) is 1.50. The molecule has 0 spiro atoms. The van der Waals surface area contributed by atoms with E-state index >= 15 is 0 Å². The molecule has 0 aromatic heterocycles. The van der Waals surface area contributed by atoms with E-state index in [0.717, 1.165) is 29.7 Å². The van der Waals surface area contributed by atoms with Gasteiger partial charge in [0.25, 0.3) is 11.8 Å². The highest BCUT2D eigenvalue weighted by molar-refractivity contribution is 6.22. The van der Waals surface area contributed by atoms with E-state index in [-0.39, 0.29) is 25.1 Å². The van der Waals surface area contributed by atoms with E-state index in [1.807, 2.05) is 30.3 Å². The minimum atomic E-state index is -1.78. The number of nitrogens with zero attached hydrogens (tertiary/aromatic N) is 2. The largest absolute Gasteiger partial charge is 0.497 e. The van der Waals surface area contributed by atoms with Gasteiger partial charge in [0.15, 0.2) is 11.8 Å². The summed E-state index contributed by atoms with van der Waals surface area (Å²) in [5.41, 5.74) is 0.904. The van der Waals surface area contributed by atoms with E-state index in [0.29, 0.717) is 12.2 Å². The number of benzene rings is 2. The predicted octanol–water partition coefficient (Wildman–Crippen LogP) is 6.14. The molecular formula is C34H45ClN3O6. The third kappa shape index (κ3) is 9.05. The van der Waals surface area contributed by atoms with E-state index in [9.17, 15) is 19.2 Å². The number of Topliss-reactive ketones (excluding diaryl/α,β-unsaturated/α-hetero) is 1. The minimum absolute atomic E-state index is 0.0567. The van der Waals surface area contributed by atoms with E-state index in [1.54, 1.807) is 19.1 Å². The first-order chi connectivity index (χ1) is 21.3. The Balaban J connectivity index is 1.89. The second-order valence-electron chi connectivity index (χ2n) is 10.9. The third-order valence-electron chi connectivity index (χ3n) is 7.74. The number of hydrogen-bond donors (Lipinski definition) is 1. The van der Waals surface area contributed by atoms with Crippen LogP contribution in [0.3, 0.4) is 0 Å². The molecule has 0 bridgehead atoms. The highest BCUT2D eigenvalue weighted by Gasteiger charge is 2.53. The van der Waals surface area contributed by atoms with Gasteiger partial charge < -0.3 is 14.8 Å². The van der Waals surface area contributed by atoms with Gasteiger partial charge >= 0.3 is 6.03 Å². The molecule has 0 saturated carbocycles. The predicted molar refractivity (Wildman–Crippen MR) is 170 cm³/mol. The molecular weight excluding hydrogens is 582 g/mol. The van der Waals surface area contributed by atoms with Crippen LogP contribution in [0.15, 0.2) is 54.6 Å². The van der Waals surface area contributed by atoms with Crippen LogP contribution in [0, 0.1) is 6.92 Å². The molecule has 10 heteroatoms. The van der Waals surface area contributed by atoms with Crippen molar-refractivity contribution in [3.05, 3.63) is 72.6 Å². The number of rotatable bonds is 19. The fourth-order valence-electron chi connectivity index (χ4n) is 5.27. The molecule has 2 aromatic carbocycles. The summed E-state index contributed by atoms with van der Waals surface area (Å²) < 4.78 is 10.9. The molecule has 4 atom stereocenters. The van der Waals surface area contributed by atoms with Crippen molar-refractivity contribution in [1.82, 2.24) is 15.1 Å². The van der Waals surface area contributed by atoms with Crippen molar-refractivity contribution in [2.45, 2.75) is 95.4 Å². The number of carbonyl (C=O) groups is 4. The Kier molecular flexibility index (Phi) is 14.1. The SMILES string of the molecule is [CH2]CC(NC(=O)C(C(=O)c1ccc(OC)cc1)N1C(=O)C(OCC)N(Cc2ccccc2)C1=O)C(Cl)CCCCCCCC. The number of nitrogens with one attached hydrogen (secondary N) is 1. The van der Waals surface area contributed by atoms with Crippen molar-refractivity contribution in [1.29, 1.82) is 0 Å². The van der Waals surface area contributed by atoms with Gasteiger partial charge in [-0.05, 0) is 49.6 Å². The number of amides is 4. The molecule has 1 fully saturated rings. The van der Waals surface area contributed by atoms with Crippen molar-refractivity contribution in [3.8, 4) is 5.75 Å². The van der Waals surface area contributed by atoms with Gasteiger partial charge in [0.2, 0.25) is 6.23 Å². The first kappa shape index (κ1) is 35.1. The quantitative estimate of drug-likeness (QED) is 0.0660. The molecule has 4 amide bonds. The lowest BCUT2D eigenvalue weighted by molar-refractivity contribution is -0.145. The normalized spacial score (nSPS) is 17.0. The summed E-state index contributed by atoms with van der Waals surface area (Å²) in [5.74, 6) is -1.78.